The van der Waals surface area contributed by atoms with Gasteiger partial charge in [-0.25, -0.2) is 9.59 Å². The van der Waals surface area contributed by atoms with Crippen LogP contribution in [0.4, 0.5) is 0 Å². The van der Waals surface area contributed by atoms with Crippen molar-refractivity contribution in [3.8, 4) is 0 Å². The molecule has 0 aromatic heterocycles. The molecule has 624 valence electrons. The van der Waals surface area contributed by atoms with Gasteiger partial charge < -0.3 is 111 Å². The average molecular weight is 1620 g/mol. The summed E-state index contributed by atoms with van der Waals surface area (Å²) in [4.78, 5) is 211. The fraction of sp³-hybridized carbons (Fsp3) is 0.616. The molecule has 11 amide bonds. The SMILES string of the molecule is CC(C)C[C@H](NC(=O)[C@H](Cc1ccccc1)NC(=O)[C@H](CS)NC(=O)[C@H](CC(=O)O)NC(=O)[C@@H](N)C(C)C)C(=O)N[C@@H](CSCCOC(=O)c1ccc(C(C)(C)C)cc1)C(=O)N[C@@H](CCCN=C(N)N)C(=O)N1CCC[C@H]1C(=O)N[C@H](C(=O)N[C@@H](CCC(=O)O)C(=O)N[C@@H](CCCCN)C(=O)N[C@H](C(=O)O)[C@@H](C)O)[C@@H](C)O. The summed E-state index contributed by atoms with van der Waals surface area (Å²) in [5.74, 6) is -17.9. The van der Waals surface area contributed by atoms with Gasteiger partial charge >= 0.3 is 23.9 Å². The molecule has 39 heteroatoms. The molecule has 2 aromatic rings. The van der Waals surface area contributed by atoms with Crippen LogP contribution >= 0.6 is 24.4 Å². The Balaban J connectivity index is 2.07. The number of guanidine groups is 1. The average Bonchev–Trinajstić information content (AvgIpc) is 1.63. The number of carboxylic acid groups (broad SMARTS) is 3. The standard InChI is InChI=1S/C73H114N16O21S2/c1-38(2)33-48(82-62(99)49(34-42-17-11-10-12-18-42)83-64(101)51(36-111)85-63(100)50(35-55(94)95)84-67(104)56(75)39(3)4)61(98)86-52(37-112-32-31-110-71(109)43-22-24-44(25-23-43)73(7,8)9)65(102)81-47(20-15-29-78-72(76)77)69(106)89-30-16-21-53(89)66(103)87-57(40(5)90)68(105)80-46(26-27-54(92)93)59(96)79-45(19-13-14-28-74)60(97)88-58(41(6)91)70(107)108/h10-12,17-18,22-25,38-41,45-53,56-58,90-91,111H,13-16,19-21,26-37,74-75H2,1-9H3,(H,79,96)(H,80,105)(H,81,102)(H,82,99)(H,83,101)(H,84,104)(H,85,100)(H,86,98)(H,87,103)(H,88,97)(H,92,93)(H,94,95)(H,107,108)(H4,76,77,78)/t40-,41-,45+,46+,47+,48+,49+,50+,51+,52+,53+,56+,57+,58+/m1/s1. The van der Waals surface area contributed by atoms with Crippen molar-refractivity contribution in [1.29, 1.82) is 0 Å². The van der Waals surface area contributed by atoms with Crippen molar-refractivity contribution in [2.24, 2.45) is 39.8 Å². The molecule has 0 aliphatic carbocycles. The van der Waals surface area contributed by atoms with Gasteiger partial charge in [0.1, 0.15) is 67.0 Å². The van der Waals surface area contributed by atoms with E-state index in [2.05, 4.69) is 70.8 Å². The molecule has 0 spiro atoms. The Morgan fingerprint density at radius 3 is 1.68 bits per heavy atom. The molecule has 3 rings (SSSR count). The number of nitrogens with one attached hydrogen (secondary N) is 10. The number of aliphatic hydroxyl groups is 2. The summed E-state index contributed by atoms with van der Waals surface area (Å²) in [5, 5.41) is 74.7. The lowest BCUT2D eigenvalue weighted by molar-refractivity contribution is -0.145. The van der Waals surface area contributed by atoms with E-state index in [1.54, 1.807) is 82.3 Å². The Labute approximate surface area is 660 Å². The summed E-state index contributed by atoms with van der Waals surface area (Å²) < 4.78 is 5.58. The van der Waals surface area contributed by atoms with Crippen LogP contribution in [0.15, 0.2) is 59.6 Å². The number of ether oxygens (including phenoxy) is 1. The number of aliphatic hydroxyl groups excluding tert-OH is 2. The number of likely N-dealkylation sites (tertiary alicyclic amines) is 1. The quantitative estimate of drug-likeness (QED) is 0.0105. The summed E-state index contributed by atoms with van der Waals surface area (Å²) in [6, 6.07) is -3.74. The first-order valence-electron chi connectivity index (χ1n) is 37.0. The molecular formula is C73H114N16O21S2. The van der Waals surface area contributed by atoms with E-state index in [0.29, 0.717) is 12.0 Å². The van der Waals surface area contributed by atoms with E-state index in [-0.39, 0.29) is 112 Å². The third-order valence-corrected chi connectivity index (χ3v) is 19.2. The van der Waals surface area contributed by atoms with Gasteiger partial charge in [-0.1, -0.05) is 90.9 Å². The topological polar surface area (TPSA) is 606 Å². The maximum absolute atomic E-state index is 15.1. The summed E-state index contributed by atoms with van der Waals surface area (Å²) >= 11 is 5.30. The fourth-order valence-corrected chi connectivity index (χ4v) is 12.5. The van der Waals surface area contributed by atoms with E-state index < -0.39 is 204 Å². The van der Waals surface area contributed by atoms with Crippen molar-refractivity contribution in [3.05, 3.63) is 71.3 Å². The summed E-state index contributed by atoms with van der Waals surface area (Å²) in [6.45, 7) is 14.7. The van der Waals surface area contributed by atoms with Gasteiger partial charge in [-0.3, -0.25) is 67.3 Å². The number of thioether (sulfide) groups is 1. The lowest BCUT2D eigenvalue weighted by Gasteiger charge is -2.31. The smallest absolute Gasteiger partial charge is 0.338 e. The van der Waals surface area contributed by atoms with E-state index >= 15 is 9.59 Å². The molecule has 0 radical (unpaired) electrons. The van der Waals surface area contributed by atoms with Crippen molar-refractivity contribution in [2.75, 3.05) is 43.5 Å². The number of nitrogens with two attached hydrogens (primary N) is 4. The van der Waals surface area contributed by atoms with Crippen LogP contribution in [0.3, 0.4) is 0 Å². The fourth-order valence-electron chi connectivity index (χ4n) is 11.4. The number of aliphatic carboxylic acids is 3. The van der Waals surface area contributed by atoms with Gasteiger partial charge in [0.05, 0.1) is 30.2 Å². The van der Waals surface area contributed by atoms with E-state index in [9.17, 15) is 87.9 Å². The van der Waals surface area contributed by atoms with Crippen molar-refractivity contribution in [1.82, 2.24) is 58.1 Å². The molecule has 0 bridgehead atoms. The predicted octanol–water partition coefficient (Wildman–Crippen LogP) is -2.72. The number of thiol groups is 1. The lowest BCUT2D eigenvalue weighted by atomic mass is 9.87. The van der Waals surface area contributed by atoms with E-state index in [0.717, 1.165) is 36.1 Å². The van der Waals surface area contributed by atoms with Crippen LogP contribution in [-0.2, 0) is 83.7 Å². The lowest BCUT2D eigenvalue weighted by Crippen LogP contribution is -2.62. The molecule has 14 atom stereocenters. The highest BCUT2D eigenvalue weighted by molar-refractivity contribution is 7.99. The highest BCUT2D eigenvalue weighted by atomic mass is 32.2. The second-order valence-electron chi connectivity index (χ2n) is 29.0. The zero-order chi connectivity index (χ0) is 84.3. The van der Waals surface area contributed by atoms with Gasteiger partial charge in [-0.2, -0.15) is 24.4 Å². The number of rotatable bonds is 49. The van der Waals surface area contributed by atoms with Crippen LogP contribution in [0.1, 0.15) is 154 Å². The Morgan fingerprint density at radius 2 is 1.12 bits per heavy atom. The Hall–Kier alpha value is -9.70. The Morgan fingerprint density at radius 1 is 0.598 bits per heavy atom. The van der Waals surface area contributed by atoms with Gasteiger partial charge in [0.2, 0.25) is 65.0 Å². The van der Waals surface area contributed by atoms with Crippen LogP contribution < -0.4 is 76.1 Å². The van der Waals surface area contributed by atoms with Crippen molar-refractivity contribution in [3.63, 3.8) is 0 Å². The van der Waals surface area contributed by atoms with Crippen molar-refractivity contribution < 1.29 is 102 Å². The minimum atomic E-state index is -1.91. The molecule has 0 unspecified atom stereocenters. The number of unbranched alkanes of at least 4 members (excludes halogenated alkanes) is 1. The minimum Gasteiger partial charge on any atom is -0.481 e. The van der Waals surface area contributed by atoms with Crippen LogP contribution in [0, 0.1) is 11.8 Å². The summed E-state index contributed by atoms with van der Waals surface area (Å²) in [7, 11) is 0. The predicted molar refractivity (Wildman–Crippen MR) is 416 cm³/mol. The van der Waals surface area contributed by atoms with E-state index in [1.807, 2.05) is 20.8 Å². The molecular weight excluding hydrogens is 1500 g/mol. The van der Waals surface area contributed by atoms with Gasteiger partial charge in [0.15, 0.2) is 12.0 Å². The molecule has 1 aliphatic rings. The number of nitrogens with zero attached hydrogens (tertiary/aromatic N) is 2. The number of carboxylic acids is 3. The van der Waals surface area contributed by atoms with Crippen LogP contribution in [0.25, 0.3) is 0 Å². The van der Waals surface area contributed by atoms with Gasteiger partial charge in [-0.05, 0) is 119 Å². The van der Waals surface area contributed by atoms with Crippen LogP contribution in [-0.4, -0.2) is 253 Å². The molecule has 2 aromatic carbocycles. The first kappa shape index (κ1) is 96.5. The van der Waals surface area contributed by atoms with Crippen LogP contribution in [0.2, 0.25) is 0 Å². The maximum atomic E-state index is 15.1. The van der Waals surface area contributed by atoms with Gasteiger partial charge in [-0.15, -0.1) is 0 Å². The second-order valence-corrected chi connectivity index (χ2v) is 30.6. The third kappa shape index (κ3) is 33.7. The molecule has 1 fully saturated rings. The molecule has 112 heavy (non-hydrogen) atoms. The summed E-state index contributed by atoms with van der Waals surface area (Å²) in [6.07, 6.45) is -5.54. The van der Waals surface area contributed by atoms with Crippen LogP contribution in [0.5, 0.6) is 0 Å². The molecule has 37 nitrogen and oxygen atoms in total. The zero-order valence-electron chi connectivity index (χ0n) is 64.7. The van der Waals surface area contributed by atoms with Crippen molar-refractivity contribution in [2.45, 2.75) is 229 Å². The number of carbonyl (C=O) groups excluding carboxylic acids is 12. The second kappa shape index (κ2) is 48.3. The maximum Gasteiger partial charge on any atom is 0.338 e. The van der Waals surface area contributed by atoms with E-state index in [4.69, 9.17) is 27.7 Å². The van der Waals surface area contributed by atoms with Gasteiger partial charge in [0, 0.05) is 43.2 Å². The largest absolute Gasteiger partial charge is 0.481 e. The monoisotopic (exact) mass is 1610 g/mol. The number of carbonyl (C=O) groups is 15. The molecule has 1 aliphatic heterocycles. The van der Waals surface area contributed by atoms with E-state index in [1.165, 1.54) is 0 Å². The Kier molecular flexibility index (Phi) is 41.6. The highest BCUT2D eigenvalue weighted by Gasteiger charge is 2.42. The number of hydrogen-bond donors (Lipinski definition) is 20. The number of benzene rings is 2. The minimum absolute atomic E-state index is 0.0153. The Bertz CT molecular complexity index is 3550. The third-order valence-electron chi connectivity index (χ3n) is 17.8. The molecule has 1 heterocycles. The van der Waals surface area contributed by atoms with Gasteiger partial charge in [0.25, 0.3) is 0 Å². The summed E-state index contributed by atoms with van der Waals surface area (Å²) in [5.41, 5.74) is 24.4. The number of esters is 1. The number of hydrogen-bond acceptors (Lipinski definition) is 23. The molecule has 1 saturated heterocycles. The molecule has 23 N–H and O–H groups in total. The first-order chi connectivity index (χ1) is 52.6. The number of aliphatic imine (C=N–C) groups is 1. The highest BCUT2D eigenvalue weighted by Crippen LogP contribution is 2.24. The number of amides is 11. The van der Waals surface area contributed by atoms with Crippen molar-refractivity contribution >= 4 is 119 Å². The normalized spacial score (nSPS) is 16.2. The molecule has 0 saturated carbocycles. The first-order valence-corrected chi connectivity index (χ1v) is 38.8. The zero-order valence-corrected chi connectivity index (χ0v) is 66.4.